The first kappa shape index (κ1) is 30.1. The van der Waals surface area contributed by atoms with Crippen LogP contribution in [0.3, 0.4) is 0 Å². The van der Waals surface area contributed by atoms with Crippen LogP contribution < -0.4 is 25.3 Å². The van der Waals surface area contributed by atoms with E-state index in [0.717, 1.165) is 62.4 Å². The SMILES string of the molecule is Cc1c(C)c2c(c(C)c1Oc1ccc(CC3SC(=O)NC3=O)cc1)CC(C)(COc1ccc(CC3SC(N)=NC3=O)cc1)O2. The van der Waals surface area contributed by atoms with E-state index in [9.17, 15) is 14.4 Å². The molecule has 3 aliphatic heterocycles. The van der Waals surface area contributed by atoms with Crippen molar-refractivity contribution in [1.29, 1.82) is 0 Å². The molecule has 9 nitrogen and oxygen atoms in total. The second-order valence-corrected chi connectivity index (χ2v) is 14.0. The second kappa shape index (κ2) is 11.9. The summed E-state index contributed by atoms with van der Waals surface area (Å²) in [6.45, 7) is 8.56. The Morgan fingerprint density at radius 2 is 1.55 bits per heavy atom. The molecule has 0 aromatic heterocycles. The van der Waals surface area contributed by atoms with Crippen LogP contribution in [0.2, 0.25) is 0 Å². The molecule has 0 radical (unpaired) electrons. The Kier molecular flexibility index (Phi) is 8.10. The number of benzene rings is 3. The van der Waals surface area contributed by atoms with E-state index in [1.165, 1.54) is 11.8 Å². The van der Waals surface area contributed by atoms with Crippen molar-refractivity contribution >= 4 is 45.7 Å². The topological polar surface area (TPSA) is 129 Å². The molecular weight excluding hydrogens is 599 g/mol. The summed E-state index contributed by atoms with van der Waals surface area (Å²) in [6.07, 6.45) is 1.72. The van der Waals surface area contributed by atoms with Gasteiger partial charge in [-0.2, -0.15) is 4.99 Å². The minimum Gasteiger partial charge on any atom is -0.489 e. The molecule has 0 aliphatic carbocycles. The van der Waals surface area contributed by atoms with Gasteiger partial charge in [0, 0.05) is 12.0 Å². The number of rotatable bonds is 9. The molecule has 3 unspecified atom stereocenters. The Bertz CT molecular complexity index is 1690. The normalized spacial score (nSPS) is 22.5. The lowest BCUT2D eigenvalue weighted by molar-refractivity contribution is -0.119. The molecule has 0 saturated carbocycles. The van der Waals surface area contributed by atoms with E-state index in [0.29, 0.717) is 36.8 Å². The van der Waals surface area contributed by atoms with Crippen LogP contribution in [0.4, 0.5) is 4.79 Å². The number of nitrogens with two attached hydrogens (primary N) is 1. The molecule has 3 heterocycles. The molecule has 3 N–H and O–H groups in total. The van der Waals surface area contributed by atoms with Gasteiger partial charge < -0.3 is 19.9 Å². The van der Waals surface area contributed by atoms with E-state index >= 15 is 0 Å². The monoisotopic (exact) mass is 631 g/mol. The van der Waals surface area contributed by atoms with Crippen LogP contribution in [-0.2, 0) is 28.9 Å². The van der Waals surface area contributed by atoms with Crippen molar-refractivity contribution in [3.05, 3.63) is 81.9 Å². The number of nitrogens with one attached hydrogen (secondary N) is 1. The number of imide groups is 1. The largest absolute Gasteiger partial charge is 0.489 e. The van der Waals surface area contributed by atoms with Crippen molar-refractivity contribution in [2.75, 3.05) is 6.61 Å². The Labute approximate surface area is 264 Å². The van der Waals surface area contributed by atoms with E-state index in [4.69, 9.17) is 19.9 Å². The highest BCUT2D eigenvalue weighted by molar-refractivity contribution is 8.15. The highest BCUT2D eigenvalue weighted by Crippen LogP contribution is 2.46. The molecular formula is C33H33N3O6S2. The number of amidine groups is 1. The van der Waals surface area contributed by atoms with Crippen molar-refractivity contribution in [2.24, 2.45) is 10.7 Å². The lowest BCUT2D eigenvalue weighted by atomic mass is 9.93. The van der Waals surface area contributed by atoms with Crippen LogP contribution in [0.15, 0.2) is 53.5 Å². The van der Waals surface area contributed by atoms with Crippen LogP contribution >= 0.6 is 23.5 Å². The van der Waals surface area contributed by atoms with Gasteiger partial charge in [-0.1, -0.05) is 47.8 Å². The zero-order valence-corrected chi connectivity index (χ0v) is 26.5. The third-order valence-corrected chi connectivity index (χ3v) is 10.2. The number of amides is 3. The third kappa shape index (κ3) is 6.16. The van der Waals surface area contributed by atoms with Crippen molar-refractivity contribution < 1.29 is 28.6 Å². The van der Waals surface area contributed by atoms with Crippen molar-refractivity contribution in [2.45, 2.75) is 63.1 Å². The average Bonchev–Trinajstić information content (AvgIpc) is 3.63. The maximum absolute atomic E-state index is 11.9. The first-order valence-corrected chi connectivity index (χ1v) is 16.1. The first-order chi connectivity index (χ1) is 21.0. The fraction of sp³-hybridized carbons (Fsp3) is 0.333. The van der Waals surface area contributed by atoms with Gasteiger partial charge >= 0.3 is 0 Å². The predicted molar refractivity (Wildman–Crippen MR) is 172 cm³/mol. The van der Waals surface area contributed by atoms with Gasteiger partial charge in [0.05, 0.1) is 10.5 Å². The van der Waals surface area contributed by atoms with Gasteiger partial charge in [0.2, 0.25) is 5.91 Å². The molecule has 0 spiro atoms. The zero-order chi connectivity index (χ0) is 31.2. The number of nitrogens with zero attached hydrogens (tertiary/aromatic N) is 1. The van der Waals surface area contributed by atoms with Crippen LogP contribution in [0, 0.1) is 20.8 Å². The number of hydrogen-bond acceptors (Lipinski definition) is 9. The number of carbonyl (C=O) groups is 3. The number of thioether (sulfide) groups is 2. The Morgan fingerprint density at radius 1 is 0.909 bits per heavy atom. The quantitative estimate of drug-likeness (QED) is 0.311. The van der Waals surface area contributed by atoms with Crippen molar-refractivity contribution in [3.8, 4) is 23.0 Å². The summed E-state index contributed by atoms with van der Waals surface area (Å²) in [5.41, 5.74) is 11.3. The molecule has 11 heteroatoms. The van der Waals surface area contributed by atoms with E-state index in [2.05, 4.69) is 24.2 Å². The standard InChI is InChI=1S/C33H33N3O6S2/c1-17-18(2)28-24(19(3)27(17)41-23-11-7-21(8-12-23)14-26-30(38)36-32(39)44-26)15-33(4,42-28)16-40-22-9-5-20(6-10-22)13-25-29(37)35-31(34)43-25/h5-12,25-26H,13-16H2,1-4H3,(H2,34,35,37)(H,36,38,39). The van der Waals surface area contributed by atoms with E-state index in [1.807, 2.05) is 62.4 Å². The Balaban J connectivity index is 1.10. The van der Waals surface area contributed by atoms with Gasteiger partial charge in [-0.05, 0) is 92.6 Å². The summed E-state index contributed by atoms with van der Waals surface area (Å²) in [4.78, 5) is 39.2. The molecule has 228 valence electrons. The molecule has 1 saturated heterocycles. The zero-order valence-electron chi connectivity index (χ0n) is 24.9. The highest BCUT2D eigenvalue weighted by Gasteiger charge is 2.39. The van der Waals surface area contributed by atoms with Gasteiger partial charge in [-0.3, -0.25) is 19.7 Å². The Hall–Kier alpha value is -3.96. The minimum atomic E-state index is -0.559. The van der Waals surface area contributed by atoms with Gasteiger partial charge in [-0.15, -0.1) is 0 Å². The van der Waals surface area contributed by atoms with Gasteiger partial charge in [0.15, 0.2) is 5.17 Å². The van der Waals surface area contributed by atoms with E-state index < -0.39 is 10.9 Å². The summed E-state index contributed by atoms with van der Waals surface area (Å²) in [5, 5.41) is 1.69. The Morgan fingerprint density at radius 3 is 2.14 bits per heavy atom. The fourth-order valence-electron chi connectivity index (χ4n) is 5.65. The fourth-order valence-corrected chi connectivity index (χ4v) is 7.38. The number of ether oxygens (including phenoxy) is 3. The van der Waals surface area contributed by atoms with Crippen LogP contribution in [0.25, 0.3) is 0 Å². The average molecular weight is 632 g/mol. The van der Waals surface area contributed by atoms with Crippen LogP contribution in [-0.4, -0.2) is 44.9 Å². The second-order valence-electron chi connectivity index (χ2n) is 11.6. The maximum atomic E-state index is 11.9. The van der Waals surface area contributed by atoms with E-state index in [-0.39, 0.29) is 22.3 Å². The number of aliphatic imine (C=N–C) groups is 1. The van der Waals surface area contributed by atoms with Crippen molar-refractivity contribution in [1.82, 2.24) is 5.32 Å². The minimum absolute atomic E-state index is 0.184. The van der Waals surface area contributed by atoms with E-state index in [1.54, 1.807) is 0 Å². The van der Waals surface area contributed by atoms with Crippen molar-refractivity contribution in [3.63, 3.8) is 0 Å². The smallest absolute Gasteiger partial charge is 0.286 e. The van der Waals surface area contributed by atoms with Crippen LogP contribution in [0.5, 0.6) is 23.0 Å². The molecule has 44 heavy (non-hydrogen) atoms. The molecule has 6 rings (SSSR count). The molecule has 3 atom stereocenters. The van der Waals surface area contributed by atoms with Gasteiger partial charge in [-0.25, -0.2) is 0 Å². The molecule has 3 aromatic rings. The van der Waals surface area contributed by atoms with Crippen LogP contribution in [0.1, 0.15) is 40.3 Å². The third-order valence-electron chi connectivity index (χ3n) is 8.19. The summed E-state index contributed by atoms with van der Waals surface area (Å²) >= 11 is 2.33. The number of carbonyl (C=O) groups excluding carboxylic acids is 3. The predicted octanol–water partition coefficient (Wildman–Crippen LogP) is 5.57. The lowest BCUT2D eigenvalue weighted by Crippen LogP contribution is -2.37. The summed E-state index contributed by atoms with van der Waals surface area (Å²) in [6, 6.07) is 15.4. The number of hydrogen-bond donors (Lipinski definition) is 2. The summed E-state index contributed by atoms with van der Waals surface area (Å²) < 4.78 is 19.1. The lowest BCUT2D eigenvalue weighted by Gasteiger charge is -2.24. The molecule has 3 amide bonds. The maximum Gasteiger partial charge on any atom is 0.286 e. The van der Waals surface area contributed by atoms with Gasteiger partial charge in [0.25, 0.3) is 11.1 Å². The molecule has 1 fully saturated rings. The highest BCUT2D eigenvalue weighted by atomic mass is 32.2. The number of fused-ring (bicyclic) bond motifs is 1. The van der Waals surface area contributed by atoms with Gasteiger partial charge in [0.1, 0.15) is 35.2 Å². The summed E-state index contributed by atoms with van der Waals surface area (Å²) in [5.74, 6) is 2.68. The first-order valence-electron chi connectivity index (χ1n) is 14.3. The molecule has 3 aromatic carbocycles. The summed E-state index contributed by atoms with van der Waals surface area (Å²) in [7, 11) is 0. The molecule has 0 bridgehead atoms. The molecule has 3 aliphatic rings.